The molecule has 0 amide bonds. The van der Waals surface area contributed by atoms with Gasteiger partial charge in [-0.05, 0) is 30.9 Å². The molecule has 1 unspecified atom stereocenters. The summed E-state index contributed by atoms with van der Waals surface area (Å²) >= 11 is 0. The highest BCUT2D eigenvalue weighted by Gasteiger charge is 2.11. The summed E-state index contributed by atoms with van der Waals surface area (Å²) in [7, 11) is 0. The van der Waals surface area contributed by atoms with Gasteiger partial charge in [0.25, 0.3) is 0 Å². The second-order valence-corrected chi connectivity index (χ2v) is 4.31. The van der Waals surface area contributed by atoms with Gasteiger partial charge in [-0.25, -0.2) is 0 Å². The Morgan fingerprint density at radius 1 is 1.28 bits per heavy atom. The predicted octanol–water partition coefficient (Wildman–Crippen LogP) is 1.92. The summed E-state index contributed by atoms with van der Waals surface area (Å²) in [5.74, 6) is 5.59. The van der Waals surface area contributed by atoms with Gasteiger partial charge < -0.3 is 0 Å². The maximum Gasteiger partial charge on any atom is 0.0769 e. The molecule has 3 N–H and O–H groups in total. The van der Waals surface area contributed by atoms with Gasteiger partial charge in [-0.3, -0.25) is 21.2 Å². The smallest absolute Gasteiger partial charge is 0.0769 e. The van der Waals surface area contributed by atoms with Crippen LogP contribution in [-0.2, 0) is 6.42 Å². The molecule has 1 aromatic heterocycles. The molecule has 0 saturated carbocycles. The van der Waals surface area contributed by atoms with Gasteiger partial charge in [0.2, 0.25) is 0 Å². The number of nitrogens with two attached hydrogens (primary N) is 1. The number of nitrogens with one attached hydrogen (secondary N) is 1. The molecule has 4 nitrogen and oxygen atoms in total. The van der Waals surface area contributed by atoms with Gasteiger partial charge in [-0.15, -0.1) is 0 Å². The molecular formula is C14H18N4. The first kappa shape index (κ1) is 12.7. The summed E-state index contributed by atoms with van der Waals surface area (Å²) in [4.78, 5) is 8.35. The molecule has 1 aromatic carbocycles. The van der Waals surface area contributed by atoms with Crippen molar-refractivity contribution in [3.05, 3.63) is 59.7 Å². The molecule has 18 heavy (non-hydrogen) atoms. The molecule has 0 saturated heterocycles. The monoisotopic (exact) mass is 242 g/mol. The third-order valence-electron chi connectivity index (χ3n) is 3.10. The Morgan fingerprint density at radius 3 is 2.78 bits per heavy atom. The van der Waals surface area contributed by atoms with E-state index >= 15 is 0 Å². The van der Waals surface area contributed by atoms with Gasteiger partial charge in [-0.1, -0.05) is 24.3 Å². The molecule has 94 valence electrons. The minimum Gasteiger partial charge on any atom is -0.271 e. The first-order valence-corrected chi connectivity index (χ1v) is 6.08. The van der Waals surface area contributed by atoms with Gasteiger partial charge in [0.15, 0.2) is 0 Å². The number of benzene rings is 1. The Balaban J connectivity index is 2.02. The predicted molar refractivity (Wildman–Crippen MR) is 71.6 cm³/mol. The molecule has 0 aliphatic rings. The number of rotatable bonds is 5. The summed E-state index contributed by atoms with van der Waals surface area (Å²) in [5, 5.41) is 0. The highest BCUT2D eigenvalue weighted by molar-refractivity contribution is 5.25. The molecule has 0 spiro atoms. The number of aromatic nitrogens is 2. The Bertz CT molecular complexity index is 484. The van der Waals surface area contributed by atoms with E-state index < -0.39 is 0 Å². The van der Waals surface area contributed by atoms with Gasteiger partial charge in [-0.2, -0.15) is 0 Å². The molecule has 4 heteroatoms. The Kier molecular flexibility index (Phi) is 4.39. The largest absolute Gasteiger partial charge is 0.271 e. The lowest BCUT2D eigenvalue weighted by Crippen LogP contribution is -2.29. The van der Waals surface area contributed by atoms with Crippen LogP contribution in [-0.4, -0.2) is 9.97 Å². The van der Waals surface area contributed by atoms with E-state index in [4.69, 9.17) is 5.84 Å². The highest BCUT2D eigenvalue weighted by atomic mass is 15.2. The number of hydrogen-bond acceptors (Lipinski definition) is 4. The molecule has 0 aliphatic carbocycles. The molecule has 2 rings (SSSR count). The van der Waals surface area contributed by atoms with Crippen molar-refractivity contribution in [2.45, 2.75) is 25.8 Å². The quantitative estimate of drug-likeness (QED) is 0.621. The van der Waals surface area contributed by atoms with Crippen LogP contribution >= 0.6 is 0 Å². The summed E-state index contributed by atoms with van der Waals surface area (Å²) < 4.78 is 0. The number of hydrazine groups is 1. The van der Waals surface area contributed by atoms with Crippen molar-refractivity contribution in [1.29, 1.82) is 0 Å². The standard InChI is InChI=1S/C14H18N4/c1-11-4-2-3-5-12(11)6-7-13(18-15)14-10-16-8-9-17-14/h2-5,8-10,13,18H,6-7,15H2,1H3. The lowest BCUT2D eigenvalue weighted by molar-refractivity contribution is 0.502. The molecule has 1 atom stereocenters. The lowest BCUT2D eigenvalue weighted by atomic mass is 10.00. The van der Waals surface area contributed by atoms with Crippen molar-refractivity contribution in [2.24, 2.45) is 5.84 Å². The van der Waals surface area contributed by atoms with Crippen LogP contribution in [0.1, 0.15) is 29.3 Å². The van der Waals surface area contributed by atoms with Gasteiger partial charge >= 0.3 is 0 Å². The van der Waals surface area contributed by atoms with Crippen molar-refractivity contribution in [3.63, 3.8) is 0 Å². The summed E-state index contributed by atoms with van der Waals surface area (Å²) in [6, 6.07) is 8.44. The number of hydrogen-bond donors (Lipinski definition) is 2. The van der Waals surface area contributed by atoms with Crippen molar-refractivity contribution in [3.8, 4) is 0 Å². The highest BCUT2D eigenvalue weighted by Crippen LogP contribution is 2.17. The fourth-order valence-corrected chi connectivity index (χ4v) is 2.00. The average molecular weight is 242 g/mol. The van der Waals surface area contributed by atoms with E-state index in [0.717, 1.165) is 18.5 Å². The molecule has 2 aromatic rings. The maximum absolute atomic E-state index is 5.59. The second-order valence-electron chi connectivity index (χ2n) is 4.31. The molecule has 0 aliphatic heterocycles. The van der Waals surface area contributed by atoms with E-state index in [0.29, 0.717) is 0 Å². The van der Waals surface area contributed by atoms with Crippen molar-refractivity contribution >= 4 is 0 Å². The topological polar surface area (TPSA) is 63.8 Å². The van der Waals surface area contributed by atoms with Crippen LogP contribution in [0.25, 0.3) is 0 Å². The summed E-state index contributed by atoms with van der Waals surface area (Å²) in [6.07, 6.45) is 6.98. The van der Waals surface area contributed by atoms with E-state index in [1.54, 1.807) is 18.6 Å². The zero-order valence-corrected chi connectivity index (χ0v) is 10.5. The molecule has 0 bridgehead atoms. The van der Waals surface area contributed by atoms with Gasteiger partial charge in [0, 0.05) is 12.4 Å². The number of aryl methyl sites for hydroxylation is 2. The van der Waals surface area contributed by atoms with Crippen LogP contribution in [0.3, 0.4) is 0 Å². The first-order chi connectivity index (χ1) is 8.81. The molecule has 0 fully saturated rings. The van der Waals surface area contributed by atoms with Crippen LogP contribution in [0, 0.1) is 6.92 Å². The van der Waals surface area contributed by atoms with Crippen LogP contribution < -0.4 is 11.3 Å². The van der Waals surface area contributed by atoms with Crippen LogP contribution in [0.4, 0.5) is 0 Å². The van der Waals surface area contributed by atoms with Crippen molar-refractivity contribution in [1.82, 2.24) is 15.4 Å². The molecule has 1 heterocycles. The van der Waals surface area contributed by atoms with E-state index in [-0.39, 0.29) is 6.04 Å². The fraction of sp³-hybridized carbons (Fsp3) is 0.286. The Hall–Kier alpha value is -1.78. The molecule has 0 radical (unpaired) electrons. The van der Waals surface area contributed by atoms with E-state index in [1.165, 1.54) is 11.1 Å². The third-order valence-corrected chi connectivity index (χ3v) is 3.10. The summed E-state index contributed by atoms with van der Waals surface area (Å²) in [5.41, 5.74) is 6.35. The zero-order chi connectivity index (χ0) is 12.8. The maximum atomic E-state index is 5.59. The minimum atomic E-state index is 0.0401. The second kappa shape index (κ2) is 6.23. The SMILES string of the molecule is Cc1ccccc1CCC(NN)c1cnccn1. The van der Waals surface area contributed by atoms with E-state index in [2.05, 4.69) is 46.6 Å². The Morgan fingerprint density at radius 2 is 2.11 bits per heavy atom. The van der Waals surface area contributed by atoms with Crippen molar-refractivity contribution < 1.29 is 0 Å². The van der Waals surface area contributed by atoms with E-state index in [1.807, 2.05) is 0 Å². The first-order valence-electron chi connectivity index (χ1n) is 6.08. The van der Waals surface area contributed by atoms with E-state index in [9.17, 15) is 0 Å². The lowest BCUT2D eigenvalue weighted by Gasteiger charge is -2.15. The van der Waals surface area contributed by atoms with Crippen LogP contribution in [0.2, 0.25) is 0 Å². The molecular weight excluding hydrogens is 224 g/mol. The average Bonchev–Trinajstić information content (AvgIpc) is 2.42. The van der Waals surface area contributed by atoms with Gasteiger partial charge in [0.05, 0.1) is 17.9 Å². The zero-order valence-electron chi connectivity index (χ0n) is 10.5. The normalized spacial score (nSPS) is 12.3. The van der Waals surface area contributed by atoms with Crippen molar-refractivity contribution in [2.75, 3.05) is 0 Å². The number of nitrogens with zero attached hydrogens (tertiary/aromatic N) is 2. The third kappa shape index (κ3) is 3.12. The fourth-order valence-electron chi connectivity index (χ4n) is 2.00. The summed E-state index contributed by atoms with van der Waals surface area (Å²) in [6.45, 7) is 2.13. The van der Waals surface area contributed by atoms with Gasteiger partial charge in [0.1, 0.15) is 0 Å². The van der Waals surface area contributed by atoms with Crippen LogP contribution in [0.5, 0.6) is 0 Å². The minimum absolute atomic E-state index is 0.0401. The Labute approximate surface area is 107 Å². The van der Waals surface area contributed by atoms with Crippen LogP contribution in [0.15, 0.2) is 42.9 Å².